The van der Waals surface area contributed by atoms with Crippen molar-refractivity contribution >= 4 is 29.6 Å². The third-order valence-electron chi connectivity index (χ3n) is 9.35. The quantitative estimate of drug-likeness (QED) is 0.190. The molecule has 1 aliphatic heterocycles. The highest BCUT2D eigenvalue weighted by molar-refractivity contribution is 6.30. The summed E-state index contributed by atoms with van der Waals surface area (Å²) in [6.07, 6.45) is -0.420. The van der Waals surface area contributed by atoms with Crippen LogP contribution < -0.4 is 4.74 Å². The fraction of sp³-hybridized carbons (Fsp3) is 0.289. The van der Waals surface area contributed by atoms with Crippen LogP contribution in [-0.2, 0) is 20.7 Å². The van der Waals surface area contributed by atoms with Gasteiger partial charge in [-0.25, -0.2) is 4.79 Å². The molecule has 1 aliphatic carbocycles. The molecule has 0 bridgehead atoms. The smallest absolute Gasteiger partial charge is 0.409 e. The Morgan fingerprint density at radius 3 is 2.11 bits per heavy atom. The maximum atomic E-state index is 14.0. The zero-order valence-electron chi connectivity index (χ0n) is 26.3. The van der Waals surface area contributed by atoms with E-state index in [4.69, 9.17) is 21.1 Å². The van der Waals surface area contributed by atoms with E-state index in [1.807, 2.05) is 60.7 Å². The molecule has 2 unspecified atom stereocenters. The minimum atomic E-state index is -1.06. The van der Waals surface area contributed by atoms with E-state index in [0.717, 1.165) is 33.4 Å². The highest BCUT2D eigenvalue weighted by Crippen LogP contribution is 2.44. The maximum Gasteiger partial charge on any atom is 0.409 e. The maximum absolute atomic E-state index is 14.0. The predicted octanol–water partition coefficient (Wildman–Crippen LogP) is 6.86. The molecule has 8 nitrogen and oxygen atoms in total. The van der Waals surface area contributed by atoms with Crippen LogP contribution in [0.1, 0.15) is 40.5 Å². The Labute approximate surface area is 279 Å². The van der Waals surface area contributed by atoms with Gasteiger partial charge in [-0.3, -0.25) is 9.59 Å². The summed E-state index contributed by atoms with van der Waals surface area (Å²) in [5.41, 5.74) is 6.28. The van der Waals surface area contributed by atoms with Gasteiger partial charge in [0.25, 0.3) is 0 Å². The lowest BCUT2D eigenvalue weighted by atomic mass is 9.84. The second kappa shape index (κ2) is 13.9. The average molecular weight is 653 g/mol. The first kappa shape index (κ1) is 32.1. The predicted molar refractivity (Wildman–Crippen MR) is 180 cm³/mol. The number of amides is 2. The number of ether oxygens (including phenoxy) is 2. The summed E-state index contributed by atoms with van der Waals surface area (Å²) in [4.78, 5) is 42.7. The number of nitrogens with zero attached hydrogens (tertiary/aromatic N) is 2. The first-order valence-corrected chi connectivity index (χ1v) is 16.1. The number of halogens is 1. The summed E-state index contributed by atoms with van der Waals surface area (Å²) >= 11 is 6.14. The van der Waals surface area contributed by atoms with E-state index in [2.05, 4.69) is 24.3 Å². The number of rotatable bonds is 11. The van der Waals surface area contributed by atoms with Crippen LogP contribution >= 0.6 is 11.6 Å². The van der Waals surface area contributed by atoms with Gasteiger partial charge < -0.3 is 24.4 Å². The zero-order valence-corrected chi connectivity index (χ0v) is 27.1. The van der Waals surface area contributed by atoms with Gasteiger partial charge in [-0.05, 0) is 52.4 Å². The highest BCUT2D eigenvalue weighted by atomic mass is 35.5. The number of likely N-dealkylation sites (N-methyl/N-ethyl adjacent to an activating group) is 2. The van der Waals surface area contributed by atoms with Gasteiger partial charge in [0.2, 0.25) is 5.91 Å². The lowest BCUT2D eigenvalue weighted by Gasteiger charge is -2.33. The largest absolute Gasteiger partial charge is 0.493 e. The number of hydrogen-bond acceptors (Lipinski definition) is 5. The molecule has 0 spiro atoms. The number of carboxylic acid groups (broad SMARTS) is 1. The molecule has 0 radical (unpaired) electrons. The lowest BCUT2D eigenvalue weighted by Crippen LogP contribution is -2.48. The summed E-state index contributed by atoms with van der Waals surface area (Å²) in [6, 6.07) is 30.6. The number of fused-ring (bicyclic) bond motifs is 4. The van der Waals surface area contributed by atoms with E-state index in [1.54, 1.807) is 26.2 Å². The number of carboxylic acids is 1. The summed E-state index contributed by atoms with van der Waals surface area (Å²) < 4.78 is 11.8. The first-order valence-electron chi connectivity index (χ1n) is 15.7. The normalized spacial score (nSPS) is 15.9. The number of hydrogen-bond donors (Lipinski definition) is 1. The van der Waals surface area contributed by atoms with Crippen molar-refractivity contribution in [1.29, 1.82) is 0 Å². The van der Waals surface area contributed by atoms with Crippen LogP contribution in [0.2, 0.25) is 5.02 Å². The van der Waals surface area contributed by atoms with Crippen LogP contribution in [-0.4, -0.2) is 72.8 Å². The van der Waals surface area contributed by atoms with Gasteiger partial charge in [0.1, 0.15) is 12.4 Å². The zero-order chi connectivity index (χ0) is 33.1. The monoisotopic (exact) mass is 652 g/mol. The van der Waals surface area contributed by atoms with Gasteiger partial charge in [-0.15, -0.1) is 0 Å². The third kappa shape index (κ3) is 6.83. The van der Waals surface area contributed by atoms with E-state index in [-0.39, 0.29) is 38.0 Å². The van der Waals surface area contributed by atoms with Crippen molar-refractivity contribution in [3.8, 4) is 16.9 Å². The third-order valence-corrected chi connectivity index (χ3v) is 9.60. The van der Waals surface area contributed by atoms with E-state index in [0.29, 0.717) is 17.2 Å². The molecule has 1 heterocycles. The van der Waals surface area contributed by atoms with Crippen molar-refractivity contribution in [3.05, 3.63) is 124 Å². The molecule has 4 aromatic carbocycles. The minimum Gasteiger partial charge on any atom is -0.493 e. The number of para-hydroxylation sites is 1. The summed E-state index contributed by atoms with van der Waals surface area (Å²) in [6.45, 7) is 0.555. The Bertz CT molecular complexity index is 1730. The standard InChI is InChI=1S/C38H37ClN2O6/c1-40(37(44)32(20-36(42)43)34-22-46-35-14-8-7-13-31(34)35)21-26(19-24-15-17-25(39)18-16-24)41(2)38(45)47-23-33-29-11-5-3-9-27(29)28-10-4-6-12-30(28)33/h3-18,26,32-34H,19-23H2,1-2H3,(H,42,43)/t26?,32?,34-/m0/s1. The molecule has 0 saturated carbocycles. The SMILES string of the molecule is CN(CC(Cc1ccc(Cl)cc1)N(C)C(=O)OCC1c2ccccc2-c2ccccc21)C(=O)C(CC(=O)O)[C@H]1COc2ccccc21. The van der Waals surface area contributed by atoms with E-state index >= 15 is 0 Å². The molecule has 2 amide bonds. The molecular weight excluding hydrogens is 616 g/mol. The van der Waals surface area contributed by atoms with Gasteiger partial charge >= 0.3 is 12.1 Å². The summed E-state index contributed by atoms with van der Waals surface area (Å²) in [5, 5.41) is 10.4. The second-order valence-electron chi connectivity index (χ2n) is 12.3. The number of carbonyl (C=O) groups excluding carboxylic acids is 2. The fourth-order valence-corrected chi connectivity index (χ4v) is 6.99. The van der Waals surface area contributed by atoms with Crippen molar-refractivity contribution in [3.63, 3.8) is 0 Å². The first-order chi connectivity index (χ1) is 22.7. The van der Waals surface area contributed by atoms with Crippen LogP contribution in [0.15, 0.2) is 97.1 Å². The van der Waals surface area contributed by atoms with Gasteiger partial charge in [0, 0.05) is 43.1 Å². The number of aliphatic carboxylic acids is 1. The average Bonchev–Trinajstić information content (AvgIpc) is 3.65. The molecule has 242 valence electrons. The van der Waals surface area contributed by atoms with Crippen LogP contribution in [0, 0.1) is 5.92 Å². The van der Waals surface area contributed by atoms with E-state index in [9.17, 15) is 19.5 Å². The highest BCUT2D eigenvalue weighted by Gasteiger charge is 2.39. The van der Waals surface area contributed by atoms with Crippen LogP contribution in [0.25, 0.3) is 11.1 Å². The second-order valence-corrected chi connectivity index (χ2v) is 12.7. The van der Waals surface area contributed by atoms with Gasteiger partial charge in [-0.1, -0.05) is 90.5 Å². The van der Waals surface area contributed by atoms with Crippen molar-refractivity contribution in [2.75, 3.05) is 33.9 Å². The van der Waals surface area contributed by atoms with E-state index < -0.39 is 29.9 Å². The van der Waals surface area contributed by atoms with Crippen LogP contribution in [0.4, 0.5) is 4.79 Å². The van der Waals surface area contributed by atoms with Crippen molar-refractivity contribution in [2.24, 2.45) is 5.92 Å². The lowest BCUT2D eigenvalue weighted by molar-refractivity contribution is -0.145. The Morgan fingerprint density at radius 1 is 0.872 bits per heavy atom. The molecule has 0 fully saturated rings. The van der Waals surface area contributed by atoms with Crippen molar-refractivity contribution in [1.82, 2.24) is 9.80 Å². The Kier molecular flexibility index (Phi) is 9.50. The fourth-order valence-electron chi connectivity index (χ4n) is 6.86. The van der Waals surface area contributed by atoms with Crippen molar-refractivity contribution in [2.45, 2.75) is 30.7 Å². The van der Waals surface area contributed by atoms with Gasteiger partial charge in [0.15, 0.2) is 0 Å². The summed E-state index contributed by atoms with van der Waals surface area (Å²) in [7, 11) is 3.33. The molecule has 4 aromatic rings. The topological polar surface area (TPSA) is 96.4 Å². The Morgan fingerprint density at radius 2 is 1.47 bits per heavy atom. The molecule has 0 saturated heterocycles. The molecule has 9 heteroatoms. The molecule has 0 aromatic heterocycles. The molecule has 2 aliphatic rings. The molecule has 6 rings (SSSR count). The van der Waals surface area contributed by atoms with E-state index in [1.165, 1.54) is 9.80 Å². The van der Waals surface area contributed by atoms with Crippen LogP contribution in [0.5, 0.6) is 5.75 Å². The minimum absolute atomic E-state index is 0.0907. The molecule has 1 N–H and O–H groups in total. The Hall–Kier alpha value is -4.82. The Balaban J connectivity index is 1.20. The molecule has 47 heavy (non-hydrogen) atoms. The van der Waals surface area contributed by atoms with Crippen LogP contribution in [0.3, 0.4) is 0 Å². The van der Waals surface area contributed by atoms with Gasteiger partial charge in [0.05, 0.1) is 25.0 Å². The molecule has 3 atom stereocenters. The van der Waals surface area contributed by atoms with Crippen molar-refractivity contribution < 1.29 is 29.0 Å². The number of benzene rings is 4. The summed E-state index contributed by atoms with van der Waals surface area (Å²) in [5.74, 6) is -2.04. The van der Waals surface area contributed by atoms with Gasteiger partial charge in [-0.2, -0.15) is 0 Å². The number of carbonyl (C=O) groups is 3. The molecular formula is C38H37ClN2O6.